The summed E-state index contributed by atoms with van der Waals surface area (Å²) in [4.78, 5) is 47.4. The van der Waals surface area contributed by atoms with E-state index in [9.17, 15) is 29.6 Å². The summed E-state index contributed by atoms with van der Waals surface area (Å²) in [6.45, 7) is 1.61. The highest BCUT2D eigenvalue weighted by Crippen LogP contribution is 2.24. The number of nitrogens with one attached hydrogen (secondary N) is 1. The third-order valence-electron chi connectivity index (χ3n) is 4.49. The van der Waals surface area contributed by atoms with E-state index in [0.717, 1.165) is 12.1 Å². The second-order valence-corrected chi connectivity index (χ2v) is 6.15. The maximum absolute atomic E-state index is 12.9. The molecule has 0 bridgehead atoms. The molecular formula is C19H16N4O6. The summed E-state index contributed by atoms with van der Waals surface area (Å²) >= 11 is 0. The molecule has 0 unspecified atom stereocenters. The van der Waals surface area contributed by atoms with Gasteiger partial charge in [-0.3, -0.25) is 24.4 Å². The summed E-state index contributed by atoms with van der Waals surface area (Å²) < 4.78 is 2.88. The molecule has 0 aliphatic rings. The van der Waals surface area contributed by atoms with Crippen molar-refractivity contribution in [1.29, 1.82) is 0 Å². The first-order valence-electron chi connectivity index (χ1n) is 8.40. The summed E-state index contributed by atoms with van der Waals surface area (Å²) in [5.41, 5.74) is -1.44. The Balaban J connectivity index is 2.08. The van der Waals surface area contributed by atoms with E-state index < -0.39 is 39.2 Å². The second kappa shape index (κ2) is 7.43. The van der Waals surface area contributed by atoms with Gasteiger partial charge in [0, 0.05) is 13.1 Å². The van der Waals surface area contributed by atoms with Gasteiger partial charge in [0.1, 0.15) is 11.3 Å². The monoisotopic (exact) mass is 396 g/mol. The van der Waals surface area contributed by atoms with Crippen molar-refractivity contribution in [1.82, 2.24) is 9.36 Å². The zero-order valence-corrected chi connectivity index (χ0v) is 15.4. The lowest BCUT2D eigenvalue weighted by Crippen LogP contribution is -2.24. The first-order valence-corrected chi connectivity index (χ1v) is 8.40. The van der Waals surface area contributed by atoms with Gasteiger partial charge in [-0.25, -0.2) is 9.48 Å². The van der Waals surface area contributed by atoms with E-state index in [4.69, 9.17) is 0 Å². The van der Waals surface area contributed by atoms with E-state index in [1.807, 2.05) is 0 Å². The van der Waals surface area contributed by atoms with Gasteiger partial charge in [0.05, 0.1) is 21.9 Å². The van der Waals surface area contributed by atoms with E-state index in [-0.39, 0.29) is 5.69 Å². The van der Waals surface area contributed by atoms with Gasteiger partial charge in [-0.15, -0.1) is 0 Å². The smallest absolute Gasteiger partial charge is 0.343 e. The predicted octanol–water partition coefficient (Wildman–Crippen LogP) is 2.34. The van der Waals surface area contributed by atoms with Crippen LogP contribution in [0.5, 0.6) is 0 Å². The summed E-state index contributed by atoms with van der Waals surface area (Å²) in [6, 6.07) is 12.1. The third kappa shape index (κ3) is 3.38. The molecule has 29 heavy (non-hydrogen) atoms. The summed E-state index contributed by atoms with van der Waals surface area (Å²) in [6.07, 6.45) is 0. The first kappa shape index (κ1) is 19.5. The molecule has 148 valence electrons. The number of amides is 1. The van der Waals surface area contributed by atoms with E-state index in [0.29, 0.717) is 11.4 Å². The molecule has 2 N–H and O–H groups in total. The summed E-state index contributed by atoms with van der Waals surface area (Å²) in [5, 5.41) is 22.9. The van der Waals surface area contributed by atoms with Crippen molar-refractivity contribution < 1.29 is 19.6 Å². The number of carboxylic acid groups (broad SMARTS) is 1. The van der Waals surface area contributed by atoms with Crippen molar-refractivity contribution in [3.8, 4) is 5.69 Å². The van der Waals surface area contributed by atoms with Gasteiger partial charge < -0.3 is 10.4 Å². The van der Waals surface area contributed by atoms with Gasteiger partial charge in [0.25, 0.3) is 17.2 Å². The lowest BCUT2D eigenvalue weighted by atomic mass is 10.0. The number of benzene rings is 2. The van der Waals surface area contributed by atoms with Crippen molar-refractivity contribution in [2.75, 3.05) is 5.32 Å². The van der Waals surface area contributed by atoms with Crippen molar-refractivity contribution in [2.24, 2.45) is 7.05 Å². The lowest BCUT2D eigenvalue weighted by molar-refractivity contribution is -0.385. The molecule has 1 amide bonds. The number of carbonyl (C=O) groups is 2. The minimum absolute atomic E-state index is 0.0517. The Morgan fingerprint density at radius 3 is 2.34 bits per heavy atom. The molecule has 10 nitrogen and oxygen atoms in total. The molecule has 3 rings (SSSR count). The lowest BCUT2D eigenvalue weighted by Gasteiger charge is -2.08. The van der Waals surface area contributed by atoms with Crippen LogP contribution in [-0.4, -0.2) is 31.3 Å². The Kier molecular flexibility index (Phi) is 5.01. The highest BCUT2D eigenvalue weighted by molar-refractivity contribution is 6.12. The molecule has 3 aromatic rings. The largest absolute Gasteiger partial charge is 0.477 e. The normalized spacial score (nSPS) is 10.6. The fraction of sp³-hybridized carbons (Fsp3) is 0.105. The molecule has 0 radical (unpaired) electrons. The van der Waals surface area contributed by atoms with Crippen LogP contribution in [0.2, 0.25) is 0 Å². The average molecular weight is 396 g/mol. The van der Waals surface area contributed by atoms with Gasteiger partial charge in [0.15, 0.2) is 0 Å². The van der Waals surface area contributed by atoms with E-state index in [1.165, 1.54) is 10.7 Å². The number of nitro benzene ring substituents is 1. The third-order valence-corrected chi connectivity index (χ3v) is 4.49. The maximum Gasteiger partial charge on any atom is 0.343 e. The Hall–Kier alpha value is -4.21. The first-order chi connectivity index (χ1) is 13.7. The molecule has 0 aliphatic carbocycles. The average Bonchev–Trinajstić information content (AvgIpc) is 2.91. The zero-order valence-electron chi connectivity index (χ0n) is 15.4. The molecule has 0 saturated carbocycles. The van der Waals surface area contributed by atoms with Gasteiger partial charge in [-0.1, -0.05) is 24.3 Å². The van der Waals surface area contributed by atoms with Crippen LogP contribution in [0.25, 0.3) is 5.69 Å². The van der Waals surface area contributed by atoms with Crippen LogP contribution in [0, 0.1) is 17.0 Å². The molecule has 1 heterocycles. The van der Waals surface area contributed by atoms with E-state index in [1.54, 1.807) is 49.0 Å². The molecular weight excluding hydrogens is 380 g/mol. The second-order valence-electron chi connectivity index (χ2n) is 6.15. The van der Waals surface area contributed by atoms with Crippen LogP contribution >= 0.6 is 0 Å². The van der Waals surface area contributed by atoms with Crippen molar-refractivity contribution in [3.05, 3.63) is 85.8 Å². The van der Waals surface area contributed by atoms with Crippen molar-refractivity contribution >= 4 is 23.3 Å². The highest BCUT2D eigenvalue weighted by Gasteiger charge is 2.28. The SMILES string of the molecule is Cc1c(NC(=O)c2cccc([N+](=O)[O-])c2C(=O)O)c(=O)n(-c2ccccc2)n1C. The highest BCUT2D eigenvalue weighted by atomic mass is 16.6. The molecule has 0 atom stereocenters. The predicted molar refractivity (Wildman–Crippen MR) is 104 cm³/mol. The summed E-state index contributed by atoms with van der Waals surface area (Å²) in [7, 11) is 1.63. The molecule has 1 aromatic heterocycles. The number of aromatic nitrogens is 2. The topological polar surface area (TPSA) is 136 Å². The standard InChI is InChI=1S/C19H16N4O6/c1-11-16(18(25)22(21(11)2)12-7-4-3-5-8-12)20-17(24)13-9-6-10-14(23(28)29)15(13)19(26)27/h3-10H,1-2H3,(H,20,24)(H,26,27). The van der Waals surface area contributed by atoms with Crippen LogP contribution in [-0.2, 0) is 7.05 Å². The molecule has 0 aliphatic heterocycles. The van der Waals surface area contributed by atoms with Gasteiger partial charge in [-0.05, 0) is 25.1 Å². The fourth-order valence-corrected chi connectivity index (χ4v) is 3.00. The number of nitrogens with zero attached hydrogens (tertiary/aromatic N) is 3. The Bertz CT molecular complexity index is 1190. The van der Waals surface area contributed by atoms with Crippen molar-refractivity contribution in [2.45, 2.75) is 6.92 Å². The molecule has 10 heteroatoms. The number of hydrogen-bond donors (Lipinski definition) is 2. The molecule has 0 fully saturated rings. The van der Waals surface area contributed by atoms with Gasteiger partial charge in [-0.2, -0.15) is 0 Å². The van der Waals surface area contributed by atoms with E-state index >= 15 is 0 Å². The van der Waals surface area contributed by atoms with Gasteiger partial charge in [0.2, 0.25) is 0 Å². The number of para-hydroxylation sites is 1. The van der Waals surface area contributed by atoms with Crippen LogP contribution in [0.3, 0.4) is 0 Å². The Morgan fingerprint density at radius 1 is 1.10 bits per heavy atom. The number of aromatic carboxylic acids is 1. The minimum Gasteiger partial charge on any atom is -0.477 e. The van der Waals surface area contributed by atoms with Crippen LogP contribution in [0.15, 0.2) is 53.3 Å². The number of rotatable bonds is 5. The van der Waals surface area contributed by atoms with E-state index in [2.05, 4.69) is 5.32 Å². The van der Waals surface area contributed by atoms with Gasteiger partial charge >= 0.3 is 5.97 Å². The Morgan fingerprint density at radius 2 is 1.76 bits per heavy atom. The summed E-state index contributed by atoms with van der Waals surface area (Å²) in [5.74, 6) is -2.55. The molecule has 0 saturated heterocycles. The minimum atomic E-state index is -1.62. The number of carboxylic acids is 1. The fourth-order valence-electron chi connectivity index (χ4n) is 3.00. The Labute approximate surface area is 163 Å². The molecule has 2 aromatic carbocycles. The molecule has 0 spiro atoms. The van der Waals surface area contributed by atoms with Crippen LogP contribution < -0.4 is 10.9 Å². The number of hydrogen-bond acceptors (Lipinski definition) is 5. The van der Waals surface area contributed by atoms with Crippen molar-refractivity contribution in [3.63, 3.8) is 0 Å². The zero-order chi connectivity index (χ0) is 21.3. The van der Waals surface area contributed by atoms with Crippen LogP contribution in [0.1, 0.15) is 26.4 Å². The number of nitro groups is 1. The maximum atomic E-state index is 12.9. The van der Waals surface area contributed by atoms with Crippen LogP contribution in [0.4, 0.5) is 11.4 Å². The quantitative estimate of drug-likeness (QED) is 0.502. The number of carbonyl (C=O) groups excluding carboxylic acids is 1. The number of anilines is 1.